The molecule has 0 amide bonds. The van der Waals surface area contributed by atoms with Gasteiger partial charge in [-0.1, -0.05) is 22.6 Å². The minimum atomic E-state index is 0.0597. The fourth-order valence-electron chi connectivity index (χ4n) is 0.659. The predicted octanol–water partition coefficient (Wildman–Crippen LogP) is 1.37. The van der Waals surface area contributed by atoms with Crippen LogP contribution in [0.2, 0.25) is 5.15 Å². The molecule has 0 radical (unpaired) electrons. The second-order valence-electron chi connectivity index (χ2n) is 2.12. The summed E-state index contributed by atoms with van der Waals surface area (Å²) in [5.74, 6) is 5.35. The molecule has 0 bridgehead atoms. The summed E-state index contributed by atoms with van der Waals surface area (Å²) in [5, 5.41) is 3.44. The van der Waals surface area contributed by atoms with E-state index in [-0.39, 0.29) is 23.2 Å². The molecule has 0 unspecified atom stereocenters. The Bertz CT molecular complexity index is 439. The van der Waals surface area contributed by atoms with Crippen molar-refractivity contribution in [1.82, 2.24) is 9.97 Å². The Hall–Kier alpha value is -1.96. The fraction of sp³-hybridized carbons (Fsp3) is 0.143. The lowest BCUT2D eigenvalue weighted by atomic mass is 10.4. The molecule has 0 aliphatic heterocycles. The fourth-order valence-corrected chi connectivity index (χ4v) is 0.792. The van der Waals surface area contributed by atoms with E-state index >= 15 is 0 Å². The monoisotopic (exact) mass is 208 g/mol. The van der Waals surface area contributed by atoms with Crippen LogP contribution >= 0.6 is 11.6 Å². The molecule has 0 fully saturated rings. The lowest BCUT2D eigenvalue weighted by Crippen LogP contribution is -1.97. The van der Waals surface area contributed by atoms with E-state index in [0.717, 1.165) is 0 Å². The summed E-state index contributed by atoms with van der Waals surface area (Å²) >= 11 is 5.58. The van der Waals surface area contributed by atoms with Crippen molar-refractivity contribution in [2.45, 2.75) is 0 Å². The maximum absolute atomic E-state index is 7.98. The van der Waals surface area contributed by atoms with Gasteiger partial charge in [0, 0.05) is 4.91 Å². The number of hydrogen-bond donors (Lipinski definition) is 1. The molecular formula is C7H5ClN6. The van der Waals surface area contributed by atoms with Gasteiger partial charge >= 0.3 is 0 Å². The van der Waals surface area contributed by atoms with Gasteiger partial charge < -0.3 is 5.73 Å². The summed E-state index contributed by atoms with van der Waals surface area (Å²) < 4.78 is 0. The number of hydrogen-bond acceptors (Lipinski definition) is 4. The zero-order chi connectivity index (χ0) is 10.4. The predicted molar refractivity (Wildman–Crippen MR) is 52.3 cm³/mol. The zero-order valence-electron chi connectivity index (χ0n) is 6.98. The van der Waals surface area contributed by atoms with Gasteiger partial charge in [0.1, 0.15) is 5.15 Å². The Labute approximate surface area is 84.7 Å². The first-order valence-corrected chi connectivity index (χ1v) is 3.89. The van der Waals surface area contributed by atoms with Crippen molar-refractivity contribution in [3.63, 3.8) is 0 Å². The van der Waals surface area contributed by atoms with Crippen LogP contribution in [0.3, 0.4) is 0 Å². The summed E-state index contributed by atoms with van der Waals surface area (Å²) in [7, 11) is 0. The van der Waals surface area contributed by atoms with Crippen LogP contribution in [0.25, 0.3) is 10.4 Å². The van der Waals surface area contributed by atoms with Crippen LogP contribution in [0.4, 0.5) is 5.82 Å². The molecule has 14 heavy (non-hydrogen) atoms. The second-order valence-corrected chi connectivity index (χ2v) is 2.50. The Morgan fingerprint density at radius 1 is 1.71 bits per heavy atom. The highest BCUT2D eigenvalue weighted by atomic mass is 35.5. The maximum Gasteiger partial charge on any atom is 0.158 e. The lowest BCUT2D eigenvalue weighted by molar-refractivity contribution is 1.18. The van der Waals surface area contributed by atoms with E-state index in [2.05, 4.69) is 31.8 Å². The smallest absolute Gasteiger partial charge is 0.158 e. The first-order valence-electron chi connectivity index (χ1n) is 3.52. The number of anilines is 1. The van der Waals surface area contributed by atoms with Gasteiger partial charge in [0.05, 0.1) is 12.7 Å². The Balaban J connectivity index is 2.88. The first kappa shape index (κ1) is 10.1. The molecule has 6 nitrogen and oxygen atoms in total. The quantitative estimate of drug-likeness (QED) is 0.326. The Morgan fingerprint density at radius 3 is 3.21 bits per heavy atom. The molecule has 1 aromatic rings. The van der Waals surface area contributed by atoms with Crippen molar-refractivity contribution in [1.29, 1.82) is 0 Å². The molecule has 0 aromatic carbocycles. The van der Waals surface area contributed by atoms with Crippen molar-refractivity contribution < 1.29 is 0 Å². The minimum absolute atomic E-state index is 0.0597. The van der Waals surface area contributed by atoms with E-state index in [0.29, 0.717) is 0 Å². The average molecular weight is 209 g/mol. The molecule has 0 atom stereocenters. The van der Waals surface area contributed by atoms with Crippen molar-refractivity contribution in [3.8, 4) is 11.8 Å². The van der Waals surface area contributed by atoms with Gasteiger partial charge in [-0.25, -0.2) is 9.97 Å². The molecule has 0 saturated carbocycles. The molecule has 1 heterocycles. The highest BCUT2D eigenvalue weighted by molar-refractivity contribution is 6.29. The normalized spacial score (nSPS) is 8.36. The number of nitrogens with zero attached hydrogens (tertiary/aromatic N) is 5. The van der Waals surface area contributed by atoms with Crippen LogP contribution in [0.5, 0.6) is 0 Å². The lowest BCUT2D eigenvalue weighted by Gasteiger charge is -1.94. The zero-order valence-corrected chi connectivity index (χ0v) is 7.73. The molecule has 0 aliphatic carbocycles. The van der Waals surface area contributed by atoms with Crippen LogP contribution < -0.4 is 5.73 Å². The van der Waals surface area contributed by atoms with Crippen LogP contribution in [-0.2, 0) is 0 Å². The third-order valence-electron chi connectivity index (χ3n) is 1.19. The second kappa shape index (κ2) is 4.92. The number of halogens is 1. The topological polar surface area (TPSA) is 101 Å². The molecule has 1 aromatic heterocycles. The molecule has 0 spiro atoms. The van der Waals surface area contributed by atoms with Gasteiger partial charge in [-0.15, -0.1) is 0 Å². The molecular weight excluding hydrogens is 204 g/mol. The van der Waals surface area contributed by atoms with Crippen molar-refractivity contribution in [3.05, 3.63) is 27.5 Å². The van der Waals surface area contributed by atoms with Gasteiger partial charge in [0.2, 0.25) is 0 Å². The number of aromatic nitrogens is 2. The highest BCUT2D eigenvalue weighted by Crippen LogP contribution is 2.07. The molecule has 0 aliphatic rings. The number of nitrogens with two attached hydrogens (primary N) is 1. The van der Waals surface area contributed by atoms with E-state index in [4.69, 9.17) is 22.9 Å². The van der Waals surface area contributed by atoms with Crippen molar-refractivity contribution in [2.75, 3.05) is 12.3 Å². The summed E-state index contributed by atoms with van der Waals surface area (Å²) in [6, 6.07) is 0. The van der Waals surface area contributed by atoms with Gasteiger partial charge in [-0.05, 0) is 11.5 Å². The van der Waals surface area contributed by atoms with Crippen LogP contribution in [0.15, 0.2) is 11.3 Å². The van der Waals surface area contributed by atoms with Gasteiger partial charge in [0.25, 0.3) is 0 Å². The molecule has 7 heteroatoms. The van der Waals surface area contributed by atoms with Crippen LogP contribution in [0.1, 0.15) is 5.69 Å². The van der Waals surface area contributed by atoms with Gasteiger partial charge in [0.15, 0.2) is 11.5 Å². The van der Waals surface area contributed by atoms with Gasteiger partial charge in [-0.2, -0.15) is 0 Å². The summed E-state index contributed by atoms with van der Waals surface area (Å²) in [6.07, 6.45) is 1.33. The largest absolute Gasteiger partial charge is 0.381 e. The number of nitrogen functional groups attached to an aromatic ring is 1. The standard InChI is InChI=1S/C7H5ClN6/c8-6-4-11-7(9)5(13-6)2-1-3-12-14-10/h4H,3H2,(H2,9,11). The van der Waals surface area contributed by atoms with Crippen molar-refractivity contribution >= 4 is 17.4 Å². The highest BCUT2D eigenvalue weighted by Gasteiger charge is 1.98. The summed E-state index contributed by atoms with van der Waals surface area (Å²) in [4.78, 5) is 10.1. The molecule has 1 rings (SSSR count). The number of azide groups is 1. The first-order chi connectivity index (χ1) is 6.74. The van der Waals surface area contributed by atoms with Crippen LogP contribution in [0, 0.1) is 11.8 Å². The summed E-state index contributed by atoms with van der Waals surface area (Å²) in [6.45, 7) is 0.0597. The van der Waals surface area contributed by atoms with E-state index in [1.165, 1.54) is 6.20 Å². The Morgan fingerprint density at radius 2 is 2.50 bits per heavy atom. The third-order valence-corrected chi connectivity index (χ3v) is 1.37. The van der Waals surface area contributed by atoms with E-state index in [1.807, 2.05) is 0 Å². The average Bonchev–Trinajstić information content (AvgIpc) is 2.18. The summed E-state index contributed by atoms with van der Waals surface area (Å²) in [5.41, 5.74) is 13.7. The SMILES string of the molecule is [N-]=[N+]=NCC#Cc1nc(Cl)cnc1N. The van der Waals surface area contributed by atoms with E-state index in [9.17, 15) is 0 Å². The molecule has 0 saturated heterocycles. The maximum atomic E-state index is 7.98. The number of rotatable bonds is 1. The molecule has 2 N–H and O–H groups in total. The van der Waals surface area contributed by atoms with E-state index < -0.39 is 0 Å². The van der Waals surface area contributed by atoms with Gasteiger partial charge in [-0.3, -0.25) is 0 Å². The minimum Gasteiger partial charge on any atom is -0.381 e. The molecule has 70 valence electrons. The van der Waals surface area contributed by atoms with E-state index in [1.54, 1.807) is 0 Å². The third kappa shape index (κ3) is 2.83. The van der Waals surface area contributed by atoms with Crippen LogP contribution in [-0.4, -0.2) is 16.5 Å². The Kier molecular flexibility index (Phi) is 3.56. The van der Waals surface area contributed by atoms with Crippen molar-refractivity contribution in [2.24, 2.45) is 5.11 Å².